The molecule has 130 valence electrons. The van der Waals surface area contributed by atoms with Gasteiger partial charge in [-0.1, -0.05) is 30.3 Å². The Kier molecular flexibility index (Phi) is 7.99. The van der Waals surface area contributed by atoms with Crippen LogP contribution in [0.15, 0.2) is 30.3 Å². The third kappa shape index (κ3) is 4.91. The Morgan fingerprint density at radius 1 is 1.39 bits per heavy atom. The lowest BCUT2D eigenvalue weighted by atomic mass is 9.87. The fourth-order valence-electron chi connectivity index (χ4n) is 3.05. The minimum atomic E-state index is -0.428. The third-order valence-corrected chi connectivity index (χ3v) is 4.41. The number of carbonyl (C=O) groups is 1. The summed E-state index contributed by atoms with van der Waals surface area (Å²) in [6.07, 6.45) is 0.824. The second-order valence-corrected chi connectivity index (χ2v) is 6.24. The Hall–Kier alpha value is -1.14. The highest BCUT2D eigenvalue weighted by molar-refractivity contribution is 5.85. The zero-order valence-corrected chi connectivity index (χ0v) is 15.0. The van der Waals surface area contributed by atoms with Gasteiger partial charge in [0, 0.05) is 20.2 Å². The number of halogens is 1. The number of likely N-dealkylation sites (N-methyl/N-ethyl adjacent to an activating group) is 1. The summed E-state index contributed by atoms with van der Waals surface area (Å²) in [6.45, 7) is 2.61. The molecule has 5 nitrogen and oxygen atoms in total. The van der Waals surface area contributed by atoms with E-state index < -0.39 is 5.41 Å². The molecule has 0 spiro atoms. The van der Waals surface area contributed by atoms with Gasteiger partial charge in [0.25, 0.3) is 0 Å². The Balaban J connectivity index is 0.00000264. The standard InChI is InChI=1S/C17H27N3O2.ClH/c1-20(2)15(14-7-5-4-6-8-14)11-19-16(21)17(13-22-3)9-10-18-12-17;/h4-8,15,18H,9-13H2,1-3H3,(H,19,21);1H. The molecule has 1 amide bonds. The van der Waals surface area contributed by atoms with Gasteiger partial charge < -0.3 is 20.3 Å². The average molecular weight is 342 g/mol. The molecule has 2 N–H and O–H groups in total. The van der Waals surface area contributed by atoms with Crippen molar-refractivity contribution >= 4 is 18.3 Å². The molecule has 0 aliphatic carbocycles. The largest absolute Gasteiger partial charge is 0.384 e. The van der Waals surface area contributed by atoms with Crippen molar-refractivity contribution in [3.05, 3.63) is 35.9 Å². The van der Waals surface area contributed by atoms with E-state index in [1.807, 2.05) is 32.3 Å². The highest BCUT2D eigenvalue weighted by Gasteiger charge is 2.41. The van der Waals surface area contributed by atoms with Crippen LogP contribution in [0.5, 0.6) is 0 Å². The quantitative estimate of drug-likeness (QED) is 0.788. The molecule has 2 unspecified atom stereocenters. The van der Waals surface area contributed by atoms with E-state index in [4.69, 9.17) is 4.74 Å². The van der Waals surface area contributed by atoms with Gasteiger partial charge in [0.05, 0.1) is 18.1 Å². The van der Waals surface area contributed by atoms with E-state index in [0.717, 1.165) is 13.0 Å². The summed E-state index contributed by atoms with van der Waals surface area (Å²) in [5, 5.41) is 6.40. The molecule has 1 aliphatic heterocycles. The van der Waals surface area contributed by atoms with Gasteiger partial charge >= 0.3 is 0 Å². The molecular formula is C17H28ClN3O2. The van der Waals surface area contributed by atoms with E-state index >= 15 is 0 Å². The van der Waals surface area contributed by atoms with E-state index in [2.05, 4.69) is 27.7 Å². The van der Waals surface area contributed by atoms with Crippen molar-refractivity contribution in [1.82, 2.24) is 15.5 Å². The molecule has 23 heavy (non-hydrogen) atoms. The van der Waals surface area contributed by atoms with Crippen LogP contribution in [0.25, 0.3) is 0 Å². The summed E-state index contributed by atoms with van der Waals surface area (Å²) < 4.78 is 5.28. The summed E-state index contributed by atoms with van der Waals surface area (Å²) >= 11 is 0. The number of amides is 1. The number of nitrogens with one attached hydrogen (secondary N) is 2. The van der Waals surface area contributed by atoms with Crippen LogP contribution in [-0.4, -0.2) is 58.3 Å². The lowest BCUT2D eigenvalue weighted by Crippen LogP contribution is -2.47. The predicted molar refractivity (Wildman–Crippen MR) is 94.9 cm³/mol. The van der Waals surface area contributed by atoms with Crippen LogP contribution in [0.2, 0.25) is 0 Å². The molecule has 1 fully saturated rings. The SMILES string of the molecule is COCC1(C(=O)NCC(c2ccccc2)N(C)C)CCNC1.Cl. The molecule has 6 heteroatoms. The molecule has 2 atom stereocenters. The maximum atomic E-state index is 12.7. The molecule has 1 heterocycles. The van der Waals surface area contributed by atoms with Gasteiger partial charge in [-0.15, -0.1) is 12.4 Å². The minimum absolute atomic E-state index is 0. The van der Waals surface area contributed by atoms with Crippen LogP contribution in [0.1, 0.15) is 18.0 Å². The highest BCUT2D eigenvalue weighted by atomic mass is 35.5. The number of methoxy groups -OCH3 is 1. The molecule has 1 saturated heterocycles. The van der Waals surface area contributed by atoms with Crippen LogP contribution in [0, 0.1) is 5.41 Å². The van der Waals surface area contributed by atoms with Crippen LogP contribution in [0.4, 0.5) is 0 Å². The molecule has 1 aromatic rings. The summed E-state index contributed by atoms with van der Waals surface area (Å²) in [4.78, 5) is 14.8. The van der Waals surface area contributed by atoms with Crippen molar-refractivity contribution < 1.29 is 9.53 Å². The Bertz CT molecular complexity index is 476. The van der Waals surface area contributed by atoms with Gasteiger partial charge in [0.15, 0.2) is 0 Å². The van der Waals surface area contributed by atoms with Crippen LogP contribution < -0.4 is 10.6 Å². The van der Waals surface area contributed by atoms with E-state index in [1.165, 1.54) is 5.56 Å². The monoisotopic (exact) mass is 341 g/mol. The van der Waals surface area contributed by atoms with E-state index in [-0.39, 0.29) is 24.4 Å². The second-order valence-electron chi connectivity index (χ2n) is 6.24. The Morgan fingerprint density at radius 3 is 2.61 bits per heavy atom. The topological polar surface area (TPSA) is 53.6 Å². The smallest absolute Gasteiger partial charge is 0.229 e. The van der Waals surface area contributed by atoms with E-state index in [1.54, 1.807) is 7.11 Å². The first-order chi connectivity index (χ1) is 10.6. The van der Waals surface area contributed by atoms with Gasteiger partial charge in [-0.2, -0.15) is 0 Å². The molecule has 1 aliphatic rings. The minimum Gasteiger partial charge on any atom is -0.384 e. The highest BCUT2D eigenvalue weighted by Crippen LogP contribution is 2.26. The van der Waals surface area contributed by atoms with Crippen LogP contribution in [0.3, 0.4) is 0 Å². The molecule has 2 rings (SSSR count). The number of hydrogen-bond acceptors (Lipinski definition) is 4. The molecule has 0 saturated carbocycles. The maximum Gasteiger partial charge on any atom is 0.229 e. The average Bonchev–Trinajstić information content (AvgIpc) is 2.98. The number of hydrogen-bond donors (Lipinski definition) is 2. The van der Waals surface area contributed by atoms with Gasteiger partial charge in [-0.05, 0) is 32.6 Å². The summed E-state index contributed by atoms with van der Waals surface area (Å²) in [7, 11) is 5.72. The van der Waals surface area contributed by atoms with Crippen molar-refractivity contribution in [2.75, 3.05) is 47.4 Å². The predicted octanol–water partition coefficient (Wildman–Crippen LogP) is 1.45. The lowest BCUT2D eigenvalue weighted by molar-refractivity contribution is -0.133. The first kappa shape index (κ1) is 19.9. The lowest BCUT2D eigenvalue weighted by Gasteiger charge is -2.29. The molecular weight excluding hydrogens is 314 g/mol. The van der Waals surface area contributed by atoms with Crippen molar-refractivity contribution in [3.8, 4) is 0 Å². The number of benzene rings is 1. The zero-order valence-electron chi connectivity index (χ0n) is 14.2. The summed E-state index contributed by atoms with van der Waals surface area (Å²) in [5.41, 5.74) is 0.778. The Labute approximate surface area is 145 Å². The van der Waals surface area contributed by atoms with Gasteiger partial charge in [-0.3, -0.25) is 4.79 Å². The number of nitrogens with zero attached hydrogens (tertiary/aromatic N) is 1. The third-order valence-electron chi connectivity index (χ3n) is 4.41. The number of carbonyl (C=O) groups excluding carboxylic acids is 1. The molecule has 0 aromatic heterocycles. The van der Waals surface area contributed by atoms with Crippen LogP contribution >= 0.6 is 12.4 Å². The van der Waals surface area contributed by atoms with Crippen LogP contribution in [-0.2, 0) is 9.53 Å². The van der Waals surface area contributed by atoms with Crippen molar-refractivity contribution in [2.24, 2.45) is 5.41 Å². The molecule has 0 radical (unpaired) electrons. The fraction of sp³-hybridized carbons (Fsp3) is 0.588. The first-order valence-corrected chi connectivity index (χ1v) is 7.78. The maximum absolute atomic E-state index is 12.7. The molecule has 1 aromatic carbocycles. The van der Waals surface area contributed by atoms with Gasteiger partial charge in [0.1, 0.15) is 0 Å². The van der Waals surface area contributed by atoms with Gasteiger partial charge in [0.2, 0.25) is 5.91 Å². The first-order valence-electron chi connectivity index (χ1n) is 7.78. The van der Waals surface area contributed by atoms with Crippen molar-refractivity contribution in [1.29, 1.82) is 0 Å². The van der Waals surface area contributed by atoms with Crippen molar-refractivity contribution in [3.63, 3.8) is 0 Å². The Morgan fingerprint density at radius 2 is 2.09 bits per heavy atom. The normalized spacial score (nSPS) is 21.7. The van der Waals surface area contributed by atoms with Crippen molar-refractivity contribution in [2.45, 2.75) is 12.5 Å². The van der Waals surface area contributed by atoms with Gasteiger partial charge in [-0.25, -0.2) is 0 Å². The number of rotatable bonds is 7. The zero-order chi connectivity index (χ0) is 16.0. The van der Waals surface area contributed by atoms with E-state index in [0.29, 0.717) is 19.7 Å². The second kappa shape index (κ2) is 9.23. The number of ether oxygens (including phenoxy) is 1. The molecule has 0 bridgehead atoms. The fourth-order valence-corrected chi connectivity index (χ4v) is 3.05. The summed E-state index contributed by atoms with van der Waals surface area (Å²) in [5.74, 6) is 0.0853. The van der Waals surface area contributed by atoms with E-state index in [9.17, 15) is 4.79 Å². The summed E-state index contributed by atoms with van der Waals surface area (Å²) in [6, 6.07) is 10.4.